The Morgan fingerprint density at radius 3 is 2.51 bits per heavy atom. The number of furan rings is 1. The highest BCUT2D eigenvalue weighted by molar-refractivity contribution is 7.07. The molecule has 3 heterocycles. The number of aromatic carboxylic acids is 1. The van der Waals surface area contributed by atoms with Crippen LogP contribution in [0.5, 0.6) is 0 Å². The topological polar surface area (TPSA) is 84.8 Å². The molecule has 5 aromatic rings. The Kier molecular flexibility index (Phi) is 5.52. The molecule has 0 amide bonds. The number of fused-ring (bicyclic) bond motifs is 3. The summed E-state index contributed by atoms with van der Waals surface area (Å²) in [5.41, 5.74) is 6.51. The summed E-state index contributed by atoms with van der Waals surface area (Å²) in [5, 5.41) is 9.15. The molecule has 0 saturated heterocycles. The van der Waals surface area contributed by atoms with Crippen LogP contribution < -0.4 is 14.9 Å². The first-order valence-electron chi connectivity index (χ1n) is 12.7. The van der Waals surface area contributed by atoms with Crippen LogP contribution in [-0.2, 0) is 6.42 Å². The first-order valence-corrected chi connectivity index (χ1v) is 13.5. The lowest BCUT2D eigenvalue weighted by Gasteiger charge is -2.30. The van der Waals surface area contributed by atoms with Crippen molar-refractivity contribution in [3.05, 3.63) is 144 Å². The second kappa shape index (κ2) is 9.22. The Morgan fingerprint density at radius 1 is 0.949 bits per heavy atom. The van der Waals surface area contributed by atoms with Crippen molar-refractivity contribution in [1.82, 2.24) is 4.57 Å². The number of allylic oxidation sites excluding steroid dienone is 1. The van der Waals surface area contributed by atoms with Gasteiger partial charge in [0.05, 0.1) is 21.8 Å². The lowest BCUT2D eigenvalue weighted by atomic mass is 9.83. The summed E-state index contributed by atoms with van der Waals surface area (Å²) in [6.45, 7) is 0. The van der Waals surface area contributed by atoms with Crippen molar-refractivity contribution in [2.24, 2.45) is 4.99 Å². The Balaban J connectivity index is 1.35. The number of carboxylic acids is 1. The molecule has 2 aliphatic rings. The van der Waals surface area contributed by atoms with Crippen LogP contribution in [0.2, 0.25) is 0 Å². The molecule has 1 N–H and O–H groups in total. The highest BCUT2D eigenvalue weighted by Gasteiger charge is 2.32. The zero-order valence-electron chi connectivity index (χ0n) is 20.7. The average Bonchev–Trinajstić information content (AvgIpc) is 3.56. The fraction of sp³-hybridized carbons (Fsp3) is 0.0938. The largest absolute Gasteiger partial charge is 0.478 e. The average molecular weight is 531 g/mol. The van der Waals surface area contributed by atoms with Gasteiger partial charge in [0.25, 0.3) is 5.56 Å². The van der Waals surface area contributed by atoms with Crippen molar-refractivity contribution in [2.45, 2.75) is 18.9 Å². The zero-order valence-corrected chi connectivity index (χ0v) is 21.5. The normalized spacial score (nSPS) is 16.3. The Hall–Kier alpha value is -4.75. The van der Waals surface area contributed by atoms with Crippen LogP contribution in [0.15, 0.2) is 111 Å². The summed E-state index contributed by atoms with van der Waals surface area (Å²) in [6, 6.07) is 28.5. The van der Waals surface area contributed by atoms with Gasteiger partial charge in [-0.05, 0) is 53.8 Å². The van der Waals surface area contributed by atoms with Gasteiger partial charge in [-0.1, -0.05) is 78.1 Å². The maximum Gasteiger partial charge on any atom is 0.335 e. The first-order chi connectivity index (χ1) is 19.1. The van der Waals surface area contributed by atoms with E-state index in [1.54, 1.807) is 30.3 Å². The molecule has 2 aromatic heterocycles. The van der Waals surface area contributed by atoms with E-state index in [0.29, 0.717) is 20.9 Å². The van der Waals surface area contributed by atoms with Gasteiger partial charge < -0.3 is 9.52 Å². The van der Waals surface area contributed by atoms with Gasteiger partial charge in [0, 0.05) is 17.2 Å². The molecule has 39 heavy (non-hydrogen) atoms. The Bertz CT molecular complexity index is 1960. The van der Waals surface area contributed by atoms with Gasteiger partial charge in [0.15, 0.2) is 4.80 Å². The van der Waals surface area contributed by atoms with E-state index < -0.39 is 5.97 Å². The van der Waals surface area contributed by atoms with Gasteiger partial charge in [-0.3, -0.25) is 9.36 Å². The third kappa shape index (κ3) is 3.99. The van der Waals surface area contributed by atoms with E-state index in [0.717, 1.165) is 35.2 Å². The fourth-order valence-corrected chi connectivity index (χ4v) is 6.43. The van der Waals surface area contributed by atoms with Gasteiger partial charge >= 0.3 is 5.97 Å². The van der Waals surface area contributed by atoms with Crippen LogP contribution in [0.4, 0.5) is 0 Å². The molecule has 1 aliphatic heterocycles. The first kappa shape index (κ1) is 23.4. The molecule has 6 nitrogen and oxygen atoms in total. The second-order valence-electron chi connectivity index (χ2n) is 9.61. The third-order valence-electron chi connectivity index (χ3n) is 7.30. The van der Waals surface area contributed by atoms with Crippen molar-refractivity contribution in [2.75, 3.05) is 0 Å². The molecule has 7 rings (SSSR count). The maximum atomic E-state index is 13.9. The van der Waals surface area contributed by atoms with Crippen molar-refractivity contribution >= 4 is 29.1 Å². The van der Waals surface area contributed by atoms with Crippen LogP contribution in [0.1, 0.15) is 45.3 Å². The summed E-state index contributed by atoms with van der Waals surface area (Å²) >= 11 is 1.36. The van der Waals surface area contributed by atoms with Gasteiger partial charge in [0.2, 0.25) is 0 Å². The molecule has 0 fully saturated rings. The summed E-state index contributed by atoms with van der Waals surface area (Å²) in [6.07, 6.45) is 3.53. The van der Waals surface area contributed by atoms with E-state index >= 15 is 0 Å². The molecule has 3 aromatic carbocycles. The van der Waals surface area contributed by atoms with Crippen LogP contribution in [0, 0.1) is 0 Å². The molecule has 0 unspecified atom stereocenters. The minimum absolute atomic E-state index is 0.0956. The number of aryl methyl sites for hydroxylation is 1. The molecule has 1 atom stereocenters. The molecule has 0 saturated carbocycles. The predicted molar refractivity (Wildman–Crippen MR) is 150 cm³/mol. The third-order valence-corrected chi connectivity index (χ3v) is 8.29. The van der Waals surface area contributed by atoms with Gasteiger partial charge in [-0.25, -0.2) is 9.79 Å². The number of carbonyl (C=O) groups is 1. The van der Waals surface area contributed by atoms with E-state index in [4.69, 9.17) is 14.5 Å². The van der Waals surface area contributed by atoms with Crippen molar-refractivity contribution in [1.29, 1.82) is 0 Å². The van der Waals surface area contributed by atoms with Gasteiger partial charge in [0.1, 0.15) is 11.5 Å². The van der Waals surface area contributed by atoms with Crippen LogP contribution in [-0.4, -0.2) is 15.6 Å². The SMILES string of the molecule is O=C(O)c1ccc(-c2ccc(/C=c3\sc4n(c3=O)[C@H](c3ccccc3)C3=C(N=4)c4ccccc4CC3)o2)cc1. The highest BCUT2D eigenvalue weighted by atomic mass is 32.1. The maximum absolute atomic E-state index is 13.9. The number of aromatic nitrogens is 1. The van der Waals surface area contributed by atoms with Crippen LogP contribution in [0.25, 0.3) is 23.1 Å². The van der Waals surface area contributed by atoms with E-state index in [-0.39, 0.29) is 17.2 Å². The molecule has 1 aliphatic carbocycles. The monoisotopic (exact) mass is 530 g/mol. The van der Waals surface area contributed by atoms with Crippen molar-refractivity contribution in [3.63, 3.8) is 0 Å². The van der Waals surface area contributed by atoms with Gasteiger partial charge in [-0.2, -0.15) is 0 Å². The summed E-state index contributed by atoms with van der Waals surface area (Å²) < 4.78 is 8.40. The molecule has 7 heteroatoms. The molecule has 0 spiro atoms. The lowest BCUT2D eigenvalue weighted by molar-refractivity contribution is 0.0697. The lowest BCUT2D eigenvalue weighted by Crippen LogP contribution is -2.38. The fourth-order valence-electron chi connectivity index (χ4n) is 5.45. The number of benzene rings is 3. The highest BCUT2D eigenvalue weighted by Crippen LogP contribution is 2.41. The molecular weight excluding hydrogens is 508 g/mol. The zero-order chi connectivity index (χ0) is 26.5. The van der Waals surface area contributed by atoms with Crippen LogP contribution in [0.3, 0.4) is 0 Å². The minimum Gasteiger partial charge on any atom is -0.478 e. The number of hydrogen-bond donors (Lipinski definition) is 1. The van der Waals surface area contributed by atoms with Crippen molar-refractivity contribution < 1.29 is 14.3 Å². The summed E-state index contributed by atoms with van der Waals surface area (Å²) in [4.78, 5) is 30.7. The quantitative estimate of drug-likeness (QED) is 0.343. The van der Waals surface area contributed by atoms with E-state index in [1.165, 1.54) is 22.5 Å². The number of carboxylic acid groups (broad SMARTS) is 1. The molecule has 190 valence electrons. The molecule has 0 bridgehead atoms. The Labute approximate surface area is 227 Å². The number of nitrogens with zero attached hydrogens (tertiary/aromatic N) is 2. The van der Waals surface area contributed by atoms with E-state index in [1.807, 2.05) is 41.0 Å². The Morgan fingerprint density at radius 2 is 1.72 bits per heavy atom. The molecule has 0 radical (unpaired) electrons. The smallest absolute Gasteiger partial charge is 0.335 e. The van der Waals surface area contributed by atoms with Crippen molar-refractivity contribution in [3.8, 4) is 11.3 Å². The van der Waals surface area contributed by atoms with E-state index in [9.17, 15) is 9.59 Å². The molecular formula is C32H22N2O4S. The van der Waals surface area contributed by atoms with E-state index in [2.05, 4.69) is 30.3 Å². The predicted octanol–water partition coefficient (Wildman–Crippen LogP) is 5.28. The second-order valence-corrected chi connectivity index (χ2v) is 10.6. The van der Waals surface area contributed by atoms with Gasteiger partial charge in [-0.15, -0.1) is 0 Å². The standard InChI is InChI=1S/C32H22N2O4S/c35-30-27(18-23-15-17-26(38-23)20-10-12-22(13-11-20)31(36)37)39-32-33-28-24-9-5-4-6-19(24)14-16-25(28)29(34(30)32)21-7-2-1-3-8-21/h1-13,15,17-18,29H,14,16H2,(H,36,37)/b27-18-/t29-/m1/s1. The minimum atomic E-state index is -0.976. The number of rotatable bonds is 4. The number of thiazole rings is 1. The summed E-state index contributed by atoms with van der Waals surface area (Å²) in [7, 11) is 0. The number of hydrogen-bond acceptors (Lipinski definition) is 5. The summed E-state index contributed by atoms with van der Waals surface area (Å²) in [5.74, 6) is 0.166. The van der Waals surface area contributed by atoms with Crippen LogP contribution >= 0.6 is 11.3 Å².